The summed E-state index contributed by atoms with van der Waals surface area (Å²) in [5.41, 5.74) is 8.37. The van der Waals surface area contributed by atoms with Crippen molar-refractivity contribution in [2.45, 2.75) is 0 Å². The van der Waals surface area contributed by atoms with Gasteiger partial charge in [-0.1, -0.05) is 17.7 Å². The summed E-state index contributed by atoms with van der Waals surface area (Å²) in [7, 11) is 0. The standard InChI is InChI=1S/C17H17ClN4O2S/c18-12-2-1-3-13(19)15(12)17(24)22-7-10-5-21(6-11(10)8-22)16(23)14-4-20-9-25-14/h1-4,9-11H,5-8,19H2/t10-,11+. The zero-order chi connectivity index (χ0) is 17.6. The Bertz CT molecular complexity index is 792. The van der Waals surface area contributed by atoms with E-state index in [4.69, 9.17) is 17.3 Å². The van der Waals surface area contributed by atoms with Crippen LogP contribution in [0.3, 0.4) is 0 Å². The highest BCUT2D eigenvalue weighted by Crippen LogP contribution is 2.34. The molecule has 4 rings (SSSR count). The van der Waals surface area contributed by atoms with E-state index < -0.39 is 0 Å². The van der Waals surface area contributed by atoms with E-state index in [0.717, 1.165) is 0 Å². The van der Waals surface area contributed by atoms with Gasteiger partial charge in [0.1, 0.15) is 4.88 Å². The largest absolute Gasteiger partial charge is 0.398 e. The van der Waals surface area contributed by atoms with Gasteiger partial charge in [0.25, 0.3) is 11.8 Å². The third-order valence-electron chi connectivity index (χ3n) is 4.96. The van der Waals surface area contributed by atoms with Crippen LogP contribution in [0.4, 0.5) is 5.69 Å². The molecular formula is C17H17ClN4O2S. The lowest BCUT2D eigenvalue weighted by Gasteiger charge is -2.22. The van der Waals surface area contributed by atoms with Gasteiger partial charge in [-0.2, -0.15) is 0 Å². The number of likely N-dealkylation sites (tertiary alicyclic amines) is 2. The van der Waals surface area contributed by atoms with Gasteiger partial charge in [0, 0.05) is 43.7 Å². The van der Waals surface area contributed by atoms with Crippen molar-refractivity contribution in [1.29, 1.82) is 0 Å². The molecule has 25 heavy (non-hydrogen) atoms. The Balaban J connectivity index is 1.44. The van der Waals surface area contributed by atoms with Crippen LogP contribution in [0.1, 0.15) is 20.0 Å². The fourth-order valence-electron chi connectivity index (χ4n) is 3.73. The minimum atomic E-state index is -0.127. The van der Waals surface area contributed by atoms with E-state index in [0.29, 0.717) is 59.2 Å². The SMILES string of the molecule is Nc1cccc(Cl)c1C(=O)N1C[C@H]2CN(C(=O)c3cncs3)C[C@H]2C1. The topological polar surface area (TPSA) is 79.5 Å². The van der Waals surface area contributed by atoms with E-state index in [1.165, 1.54) is 11.3 Å². The fourth-order valence-corrected chi connectivity index (χ4v) is 4.58. The number of carbonyl (C=O) groups excluding carboxylic acids is 2. The van der Waals surface area contributed by atoms with Crippen LogP contribution in [-0.2, 0) is 0 Å². The molecule has 2 saturated heterocycles. The summed E-state index contributed by atoms with van der Waals surface area (Å²) in [6.45, 7) is 2.59. The first kappa shape index (κ1) is 16.4. The van der Waals surface area contributed by atoms with Crippen LogP contribution < -0.4 is 5.73 Å². The lowest BCUT2D eigenvalue weighted by Crippen LogP contribution is -2.35. The molecule has 2 N–H and O–H groups in total. The van der Waals surface area contributed by atoms with Crippen molar-refractivity contribution in [3.63, 3.8) is 0 Å². The third-order valence-corrected chi connectivity index (χ3v) is 6.04. The van der Waals surface area contributed by atoms with E-state index in [-0.39, 0.29) is 11.8 Å². The number of thiazole rings is 1. The molecule has 2 aromatic rings. The van der Waals surface area contributed by atoms with Crippen molar-refractivity contribution in [2.24, 2.45) is 11.8 Å². The maximum absolute atomic E-state index is 12.8. The van der Waals surface area contributed by atoms with Crippen LogP contribution in [0.15, 0.2) is 29.9 Å². The van der Waals surface area contributed by atoms with Gasteiger partial charge >= 0.3 is 0 Å². The number of amides is 2. The van der Waals surface area contributed by atoms with Crippen molar-refractivity contribution in [3.8, 4) is 0 Å². The first-order valence-electron chi connectivity index (χ1n) is 8.05. The molecule has 0 bridgehead atoms. The molecule has 2 atom stereocenters. The third kappa shape index (κ3) is 2.87. The zero-order valence-corrected chi connectivity index (χ0v) is 15.0. The highest BCUT2D eigenvalue weighted by atomic mass is 35.5. The van der Waals surface area contributed by atoms with E-state index in [1.54, 1.807) is 34.8 Å². The number of rotatable bonds is 2. The second-order valence-corrected chi connectivity index (χ2v) is 7.80. The van der Waals surface area contributed by atoms with Crippen molar-refractivity contribution in [3.05, 3.63) is 45.4 Å². The van der Waals surface area contributed by atoms with Gasteiger partial charge < -0.3 is 15.5 Å². The number of halogens is 1. The van der Waals surface area contributed by atoms with Crippen molar-refractivity contribution < 1.29 is 9.59 Å². The van der Waals surface area contributed by atoms with Crippen LogP contribution >= 0.6 is 22.9 Å². The van der Waals surface area contributed by atoms with E-state index >= 15 is 0 Å². The number of anilines is 1. The van der Waals surface area contributed by atoms with Gasteiger partial charge in [-0.25, -0.2) is 0 Å². The van der Waals surface area contributed by atoms with E-state index in [2.05, 4.69) is 4.98 Å². The maximum Gasteiger partial charge on any atom is 0.265 e. The second kappa shape index (κ2) is 6.31. The number of nitrogens with two attached hydrogens (primary N) is 1. The minimum absolute atomic E-state index is 0.0325. The number of nitrogens with zero attached hydrogens (tertiary/aromatic N) is 3. The molecule has 2 aliphatic rings. The maximum atomic E-state index is 12.8. The first-order valence-corrected chi connectivity index (χ1v) is 9.31. The molecule has 0 saturated carbocycles. The Hall–Kier alpha value is -2.12. The minimum Gasteiger partial charge on any atom is -0.398 e. The number of hydrogen-bond acceptors (Lipinski definition) is 5. The summed E-state index contributed by atoms with van der Waals surface area (Å²) in [5.74, 6) is 0.497. The molecule has 6 nitrogen and oxygen atoms in total. The van der Waals surface area contributed by atoms with Gasteiger partial charge in [-0.3, -0.25) is 14.6 Å². The number of benzene rings is 1. The zero-order valence-electron chi connectivity index (χ0n) is 13.4. The molecule has 2 aliphatic heterocycles. The van der Waals surface area contributed by atoms with E-state index in [9.17, 15) is 9.59 Å². The molecule has 1 aromatic heterocycles. The Morgan fingerprint density at radius 2 is 1.76 bits per heavy atom. The van der Waals surface area contributed by atoms with Gasteiger partial charge in [0.05, 0.1) is 22.3 Å². The highest BCUT2D eigenvalue weighted by Gasteiger charge is 2.43. The number of hydrogen-bond donors (Lipinski definition) is 1. The van der Waals surface area contributed by atoms with Gasteiger partial charge in [0.2, 0.25) is 0 Å². The fraction of sp³-hybridized carbons (Fsp3) is 0.353. The predicted octanol–water partition coefficient (Wildman–Crippen LogP) is 2.22. The molecule has 2 amide bonds. The van der Waals surface area contributed by atoms with Crippen LogP contribution in [0, 0.1) is 11.8 Å². The van der Waals surface area contributed by atoms with Gasteiger partial charge in [-0.05, 0) is 12.1 Å². The summed E-state index contributed by atoms with van der Waals surface area (Å²) in [4.78, 5) is 33.5. The molecule has 3 heterocycles. The molecule has 2 fully saturated rings. The number of nitrogen functional groups attached to an aromatic ring is 1. The summed E-state index contributed by atoms with van der Waals surface area (Å²) in [6, 6.07) is 5.10. The molecule has 0 radical (unpaired) electrons. The summed E-state index contributed by atoms with van der Waals surface area (Å²) >= 11 is 7.52. The van der Waals surface area contributed by atoms with Gasteiger partial charge in [-0.15, -0.1) is 11.3 Å². The number of fused-ring (bicyclic) bond motifs is 1. The molecule has 0 unspecified atom stereocenters. The average Bonchev–Trinajstić information content (AvgIpc) is 3.29. The molecule has 130 valence electrons. The Labute approximate surface area is 154 Å². The van der Waals surface area contributed by atoms with Gasteiger partial charge in [0.15, 0.2) is 0 Å². The number of aromatic nitrogens is 1. The quantitative estimate of drug-likeness (QED) is 0.815. The van der Waals surface area contributed by atoms with Crippen LogP contribution in [0.25, 0.3) is 0 Å². The molecule has 0 aliphatic carbocycles. The number of carbonyl (C=O) groups is 2. The molecular weight excluding hydrogens is 360 g/mol. The van der Waals surface area contributed by atoms with Crippen LogP contribution in [0.5, 0.6) is 0 Å². The Kier molecular flexibility index (Phi) is 4.13. The normalized spacial score (nSPS) is 22.3. The lowest BCUT2D eigenvalue weighted by molar-refractivity contribution is 0.0741. The van der Waals surface area contributed by atoms with Crippen LogP contribution in [0.2, 0.25) is 5.02 Å². The Morgan fingerprint density at radius 1 is 1.12 bits per heavy atom. The first-order chi connectivity index (χ1) is 12.0. The molecule has 1 aromatic carbocycles. The smallest absolute Gasteiger partial charge is 0.265 e. The van der Waals surface area contributed by atoms with Crippen molar-refractivity contribution >= 4 is 40.4 Å². The summed E-state index contributed by atoms with van der Waals surface area (Å²) in [5, 5.41) is 0.379. The predicted molar refractivity (Wildman–Crippen MR) is 96.8 cm³/mol. The average molecular weight is 377 g/mol. The van der Waals surface area contributed by atoms with Crippen LogP contribution in [-0.4, -0.2) is 52.8 Å². The van der Waals surface area contributed by atoms with Crippen molar-refractivity contribution in [2.75, 3.05) is 31.9 Å². The lowest BCUT2D eigenvalue weighted by atomic mass is 10.0. The van der Waals surface area contributed by atoms with Crippen molar-refractivity contribution in [1.82, 2.24) is 14.8 Å². The Morgan fingerprint density at radius 3 is 2.32 bits per heavy atom. The van der Waals surface area contributed by atoms with E-state index in [1.807, 2.05) is 4.90 Å². The second-order valence-electron chi connectivity index (χ2n) is 6.51. The monoisotopic (exact) mass is 376 g/mol. The molecule has 0 spiro atoms. The highest BCUT2D eigenvalue weighted by molar-refractivity contribution is 7.11. The molecule has 8 heteroatoms. The summed E-state index contributed by atoms with van der Waals surface area (Å²) in [6.07, 6.45) is 1.61. The summed E-state index contributed by atoms with van der Waals surface area (Å²) < 4.78 is 0.